The number of aromatic nitrogens is 2. The maximum atomic E-state index is 10.4. The van der Waals surface area contributed by atoms with Crippen molar-refractivity contribution in [1.82, 2.24) is 15.4 Å². The molecule has 2 rings (SSSR count). The number of hydrogen-bond acceptors (Lipinski definition) is 6. The van der Waals surface area contributed by atoms with Crippen molar-refractivity contribution in [2.45, 2.75) is 6.42 Å². The predicted molar refractivity (Wildman–Crippen MR) is 67.8 cm³/mol. The zero-order chi connectivity index (χ0) is 13.7. The minimum absolute atomic E-state index is 0.147. The highest BCUT2D eigenvalue weighted by atomic mass is 32.2. The number of nitrogens with one attached hydrogen (secondary N) is 1. The minimum atomic E-state index is -4.17. The summed E-state index contributed by atoms with van der Waals surface area (Å²) in [7, 11) is -4.17. The van der Waals surface area contributed by atoms with Gasteiger partial charge in [0.15, 0.2) is 18.2 Å². The van der Waals surface area contributed by atoms with Crippen LogP contribution in [0, 0.1) is 0 Å². The molecular formula is C11H12N4O3S. The molecular weight excluding hydrogens is 268 g/mol. The van der Waals surface area contributed by atoms with Crippen LogP contribution in [0.4, 0.5) is 0 Å². The molecule has 2 heterocycles. The summed E-state index contributed by atoms with van der Waals surface area (Å²) < 4.78 is 32.9. The molecule has 0 atom stereocenters. The molecule has 0 amide bonds. The van der Waals surface area contributed by atoms with Crippen molar-refractivity contribution in [2.24, 2.45) is 0 Å². The maximum absolute atomic E-state index is 10.4. The fourth-order valence-corrected chi connectivity index (χ4v) is 1.83. The highest BCUT2D eigenvalue weighted by molar-refractivity contribution is 7.85. The van der Waals surface area contributed by atoms with E-state index in [0.717, 1.165) is 5.57 Å². The molecule has 0 fully saturated rings. The Morgan fingerprint density at radius 2 is 2.11 bits per heavy atom. The van der Waals surface area contributed by atoms with Gasteiger partial charge in [0, 0.05) is 36.2 Å². The number of hydrazone groups is 1. The number of hydrazine groups is 1. The fourth-order valence-electron chi connectivity index (χ4n) is 1.43. The molecule has 1 aromatic rings. The Labute approximate surface area is 110 Å². The molecule has 8 heteroatoms. The second-order valence-corrected chi connectivity index (χ2v) is 5.28. The number of allylic oxidation sites excluding steroid dienone is 2. The summed E-state index contributed by atoms with van der Waals surface area (Å²) in [6.07, 6.45) is 10.2. The Kier molecular flexibility index (Phi) is 4.03. The molecule has 0 bridgehead atoms. The third kappa shape index (κ3) is 4.27. The Balaban J connectivity index is 1.97. The van der Waals surface area contributed by atoms with Gasteiger partial charge in [0.25, 0.3) is 0 Å². The van der Waals surface area contributed by atoms with E-state index in [9.17, 15) is 13.0 Å². The molecule has 0 saturated carbocycles. The van der Waals surface area contributed by atoms with Gasteiger partial charge in [-0.25, -0.2) is 18.4 Å². The highest BCUT2D eigenvalue weighted by Gasteiger charge is 2.09. The summed E-state index contributed by atoms with van der Waals surface area (Å²) in [5, 5.41) is 0. The van der Waals surface area contributed by atoms with Gasteiger partial charge in [0.1, 0.15) is 0 Å². The lowest BCUT2D eigenvalue weighted by atomic mass is 10.2. The zero-order valence-corrected chi connectivity index (χ0v) is 10.7. The number of nitrogens with zero attached hydrogens (tertiary/aromatic N) is 3. The van der Waals surface area contributed by atoms with E-state index in [1.54, 1.807) is 47.8 Å². The van der Waals surface area contributed by atoms with E-state index < -0.39 is 15.9 Å². The first-order chi connectivity index (χ1) is 9.04. The van der Waals surface area contributed by atoms with Crippen molar-refractivity contribution in [2.75, 3.05) is 5.75 Å². The molecule has 0 spiro atoms. The molecule has 0 aliphatic carbocycles. The van der Waals surface area contributed by atoms with Crippen molar-refractivity contribution in [1.29, 1.82) is 0 Å². The first-order valence-corrected chi connectivity index (χ1v) is 7.09. The standard InChI is InChI=1S/C11H12N4O3S/c16-19(17,18)8-2-6-15-7-3-10(9-14-15)11-12-4-1-5-13-11/h1,3-7,9,14H,2,8H2. The molecule has 100 valence electrons. The fraction of sp³-hybridized carbons (Fsp3) is 0.182. The lowest BCUT2D eigenvalue weighted by molar-refractivity contribution is -0.507. The van der Waals surface area contributed by atoms with E-state index in [1.807, 2.05) is 0 Å². The van der Waals surface area contributed by atoms with Crippen molar-refractivity contribution in [3.63, 3.8) is 0 Å². The molecule has 0 unspecified atom stereocenters. The van der Waals surface area contributed by atoms with Crippen LogP contribution >= 0.6 is 0 Å². The molecule has 1 aromatic heterocycles. The average molecular weight is 280 g/mol. The van der Waals surface area contributed by atoms with Gasteiger partial charge >= 0.3 is 0 Å². The normalized spacial score (nSPS) is 17.1. The molecule has 0 radical (unpaired) electrons. The lowest BCUT2D eigenvalue weighted by Gasteiger charge is -2.06. The van der Waals surface area contributed by atoms with Crippen LogP contribution in [-0.2, 0) is 10.1 Å². The monoisotopic (exact) mass is 280 g/mol. The summed E-state index contributed by atoms with van der Waals surface area (Å²) in [6.45, 7) is 0. The third-order valence-electron chi connectivity index (χ3n) is 2.30. The number of hydrogen-bond donors (Lipinski definition) is 1. The van der Waals surface area contributed by atoms with E-state index in [0.29, 0.717) is 5.82 Å². The van der Waals surface area contributed by atoms with Gasteiger partial charge in [-0.3, -0.25) is 0 Å². The summed E-state index contributed by atoms with van der Waals surface area (Å²) >= 11 is 0. The lowest BCUT2D eigenvalue weighted by Crippen LogP contribution is -2.23. The summed E-state index contributed by atoms with van der Waals surface area (Å²) in [5.41, 5.74) is 3.71. The van der Waals surface area contributed by atoms with Crippen LogP contribution < -0.4 is 5.43 Å². The van der Waals surface area contributed by atoms with Gasteiger partial charge in [-0.2, -0.15) is 5.43 Å². The summed E-state index contributed by atoms with van der Waals surface area (Å²) in [4.78, 5) is 8.20. The Morgan fingerprint density at radius 3 is 2.68 bits per heavy atom. The molecule has 0 aromatic carbocycles. The Hall–Kier alpha value is -2.06. The van der Waals surface area contributed by atoms with Crippen molar-refractivity contribution in [3.8, 4) is 0 Å². The first kappa shape index (κ1) is 13.4. The van der Waals surface area contributed by atoms with E-state index in [1.165, 1.54) is 0 Å². The van der Waals surface area contributed by atoms with Gasteiger partial charge in [-0.15, -0.1) is 0 Å². The summed E-state index contributed by atoms with van der Waals surface area (Å²) in [6, 6.07) is 1.73. The van der Waals surface area contributed by atoms with E-state index in [-0.39, 0.29) is 6.42 Å². The third-order valence-corrected chi connectivity index (χ3v) is 3.04. The predicted octanol–water partition coefficient (Wildman–Crippen LogP) is -0.132. The van der Waals surface area contributed by atoms with Crippen LogP contribution in [0.25, 0.3) is 5.57 Å². The molecule has 1 aliphatic heterocycles. The molecule has 7 nitrogen and oxygen atoms in total. The SMILES string of the molecule is O=S(=O)([O-])CCC=[N+]1C=CC(c2ncccn2)=CN1. The quantitative estimate of drug-likeness (QED) is 0.609. The molecule has 0 saturated heterocycles. The van der Waals surface area contributed by atoms with Crippen molar-refractivity contribution >= 4 is 21.9 Å². The average Bonchev–Trinajstić information content (AvgIpc) is 2.39. The van der Waals surface area contributed by atoms with Crippen molar-refractivity contribution < 1.29 is 17.7 Å². The van der Waals surface area contributed by atoms with Crippen LogP contribution in [0.1, 0.15) is 12.2 Å². The zero-order valence-electron chi connectivity index (χ0n) is 9.93. The molecule has 1 N–H and O–H groups in total. The summed E-state index contributed by atoms with van der Waals surface area (Å²) in [5.74, 6) is 0.172. The van der Waals surface area contributed by atoms with Crippen LogP contribution in [0.5, 0.6) is 0 Å². The van der Waals surface area contributed by atoms with Gasteiger partial charge in [0.05, 0.1) is 16.3 Å². The van der Waals surface area contributed by atoms with Gasteiger partial charge in [0.2, 0.25) is 0 Å². The molecule has 19 heavy (non-hydrogen) atoms. The second kappa shape index (κ2) is 5.72. The van der Waals surface area contributed by atoms with Crippen LogP contribution in [-0.4, -0.2) is 39.6 Å². The van der Waals surface area contributed by atoms with E-state index in [4.69, 9.17) is 0 Å². The first-order valence-electron chi connectivity index (χ1n) is 5.52. The van der Waals surface area contributed by atoms with Crippen molar-refractivity contribution in [3.05, 3.63) is 42.8 Å². The Morgan fingerprint density at radius 1 is 1.37 bits per heavy atom. The van der Waals surface area contributed by atoms with E-state index >= 15 is 0 Å². The van der Waals surface area contributed by atoms with Crippen LogP contribution in [0.15, 0.2) is 36.9 Å². The topological polar surface area (TPSA) is 98.0 Å². The van der Waals surface area contributed by atoms with Crippen LogP contribution in [0.2, 0.25) is 0 Å². The largest absolute Gasteiger partial charge is 0.748 e. The van der Waals surface area contributed by atoms with Crippen LogP contribution in [0.3, 0.4) is 0 Å². The maximum Gasteiger partial charge on any atom is 0.200 e. The highest BCUT2D eigenvalue weighted by Crippen LogP contribution is 2.11. The van der Waals surface area contributed by atoms with Gasteiger partial charge < -0.3 is 4.55 Å². The minimum Gasteiger partial charge on any atom is -0.748 e. The molecule has 1 aliphatic rings. The second-order valence-electron chi connectivity index (χ2n) is 3.76. The number of rotatable bonds is 4. The van der Waals surface area contributed by atoms with E-state index in [2.05, 4.69) is 15.4 Å². The smallest absolute Gasteiger partial charge is 0.200 e. The van der Waals surface area contributed by atoms with Gasteiger partial charge in [-0.05, 0) is 6.07 Å². The van der Waals surface area contributed by atoms with Gasteiger partial charge in [-0.1, -0.05) is 4.68 Å². The Bertz CT molecular complexity index is 635.